The van der Waals surface area contributed by atoms with Gasteiger partial charge in [0.15, 0.2) is 0 Å². The van der Waals surface area contributed by atoms with Crippen molar-refractivity contribution in [3.05, 3.63) is 45.8 Å². The number of rotatable bonds is 5. The maximum atomic E-state index is 10.6. The lowest BCUT2D eigenvalue weighted by Crippen LogP contribution is -2.12. The number of non-ortho nitro benzene ring substituents is 1. The van der Waals surface area contributed by atoms with Crippen molar-refractivity contribution in [2.75, 3.05) is 6.54 Å². The fourth-order valence-corrected chi connectivity index (χ4v) is 2.87. The highest BCUT2D eigenvalue weighted by molar-refractivity contribution is 7.99. The van der Waals surface area contributed by atoms with Crippen molar-refractivity contribution in [3.63, 3.8) is 0 Å². The van der Waals surface area contributed by atoms with Crippen molar-refractivity contribution >= 4 is 17.4 Å². The van der Waals surface area contributed by atoms with Gasteiger partial charge in [0.05, 0.1) is 22.1 Å². The second-order valence-electron chi connectivity index (χ2n) is 4.36. The van der Waals surface area contributed by atoms with Crippen LogP contribution in [0.3, 0.4) is 0 Å². The van der Waals surface area contributed by atoms with E-state index in [1.165, 1.54) is 12.1 Å². The zero-order chi connectivity index (χ0) is 14.7. The highest BCUT2D eigenvalue weighted by Gasteiger charge is 2.13. The van der Waals surface area contributed by atoms with Crippen LogP contribution >= 0.6 is 11.8 Å². The Labute approximate surface area is 121 Å². The molecule has 0 amide bonds. The molecule has 0 spiro atoms. The standard InChI is InChI=1S/C13H16N4O2S/c1-9-13(10(2)16(15-9)8-7-14)20-12-5-3-11(4-6-12)17(18)19/h3-6H,7-8,14H2,1-2H3. The molecule has 0 saturated heterocycles. The summed E-state index contributed by atoms with van der Waals surface area (Å²) in [5.41, 5.74) is 7.66. The minimum Gasteiger partial charge on any atom is -0.329 e. The molecule has 1 aromatic heterocycles. The summed E-state index contributed by atoms with van der Waals surface area (Å²) in [7, 11) is 0. The summed E-state index contributed by atoms with van der Waals surface area (Å²) in [6, 6.07) is 6.53. The van der Waals surface area contributed by atoms with Crippen LogP contribution in [0, 0.1) is 24.0 Å². The zero-order valence-corrected chi connectivity index (χ0v) is 12.2. The van der Waals surface area contributed by atoms with Gasteiger partial charge in [0.2, 0.25) is 0 Å². The van der Waals surface area contributed by atoms with E-state index in [1.807, 2.05) is 18.5 Å². The summed E-state index contributed by atoms with van der Waals surface area (Å²) < 4.78 is 1.89. The van der Waals surface area contributed by atoms with E-state index in [1.54, 1.807) is 23.9 Å². The van der Waals surface area contributed by atoms with Gasteiger partial charge in [0.25, 0.3) is 5.69 Å². The van der Waals surface area contributed by atoms with E-state index < -0.39 is 4.92 Å². The van der Waals surface area contributed by atoms with Crippen molar-refractivity contribution in [2.45, 2.75) is 30.2 Å². The molecule has 0 bridgehead atoms. The number of hydrogen-bond acceptors (Lipinski definition) is 5. The van der Waals surface area contributed by atoms with Crippen LogP contribution in [-0.4, -0.2) is 21.2 Å². The average Bonchev–Trinajstić information content (AvgIpc) is 2.68. The molecule has 2 aromatic rings. The summed E-state index contributed by atoms with van der Waals surface area (Å²) in [5.74, 6) is 0. The third kappa shape index (κ3) is 3.00. The lowest BCUT2D eigenvalue weighted by atomic mass is 10.3. The van der Waals surface area contributed by atoms with Crippen molar-refractivity contribution in [1.29, 1.82) is 0 Å². The molecule has 0 radical (unpaired) electrons. The first-order chi connectivity index (χ1) is 9.52. The van der Waals surface area contributed by atoms with Gasteiger partial charge in [-0.2, -0.15) is 5.10 Å². The van der Waals surface area contributed by atoms with Gasteiger partial charge in [-0.05, 0) is 26.0 Å². The molecule has 20 heavy (non-hydrogen) atoms. The molecular formula is C13H16N4O2S. The number of nitro groups is 1. The Balaban J connectivity index is 2.23. The van der Waals surface area contributed by atoms with E-state index in [0.717, 1.165) is 21.2 Å². The third-order valence-corrected chi connectivity index (χ3v) is 4.23. The van der Waals surface area contributed by atoms with Crippen LogP contribution in [0.4, 0.5) is 5.69 Å². The Kier molecular flexibility index (Phi) is 4.41. The van der Waals surface area contributed by atoms with Gasteiger partial charge in [-0.25, -0.2) is 0 Å². The molecule has 0 atom stereocenters. The molecule has 2 N–H and O–H groups in total. The molecule has 0 aliphatic heterocycles. The predicted molar refractivity (Wildman–Crippen MR) is 78.0 cm³/mol. The van der Waals surface area contributed by atoms with Crippen LogP contribution in [0.1, 0.15) is 11.4 Å². The number of hydrogen-bond donors (Lipinski definition) is 1. The molecule has 0 fully saturated rings. The number of nitrogens with zero attached hydrogens (tertiary/aromatic N) is 3. The quantitative estimate of drug-likeness (QED) is 0.676. The second kappa shape index (κ2) is 6.06. The molecule has 1 heterocycles. The van der Waals surface area contributed by atoms with Gasteiger partial charge < -0.3 is 5.73 Å². The Hall–Kier alpha value is -1.86. The normalized spacial score (nSPS) is 10.8. The largest absolute Gasteiger partial charge is 0.329 e. The number of nitro benzene ring substituents is 1. The molecule has 2 rings (SSSR count). The van der Waals surface area contributed by atoms with Crippen LogP contribution in [0.25, 0.3) is 0 Å². The molecule has 106 valence electrons. The van der Waals surface area contributed by atoms with Crippen LogP contribution in [0.15, 0.2) is 34.1 Å². The minimum absolute atomic E-state index is 0.0987. The fraction of sp³-hybridized carbons (Fsp3) is 0.308. The minimum atomic E-state index is -0.399. The van der Waals surface area contributed by atoms with Crippen molar-refractivity contribution in [3.8, 4) is 0 Å². The lowest BCUT2D eigenvalue weighted by Gasteiger charge is -2.04. The van der Waals surface area contributed by atoms with Crippen LogP contribution < -0.4 is 5.73 Å². The van der Waals surface area contributed by atoms with Gasteiger partial charge >= 0.3 is 0 Å². The van der Waals surface area contributed by atoms with Gasteiger partial charge in [0.1, 0.15) is 0 Å². The number of benzene rings is 1. The van der Waals surface area contributed by atoms with Gasteiger partial charge in [-0.15, -0.1) is 0 Å². The third-order valence-electron chi connectivity index (χ3n) is 2.92. The summed E-state index contributed by atoms with van der Waals surface area (Å²) in [5, 5.41) is 15.1. The van der Waals surface area contributed by atoms with E-state index in [9.17, 15) is 10.1 Å². The molecule has 1 aromatic carbocycles. The van der Waals surface area contributed by atoms with Gasteiger partial charge in [-0.3, -0.25) is 14.8 Å². The molecule has 0 aliphatic carbocycles. The zero-order valence-electron chi connectivity index (χ0n) is 11.4. The maximum absolute atomic E-state index is 10.6. The molecule has 7 heteroatoms. The van der Waals surface area contributed by atoms with E-state index in [-0.39, 0.29) is 5.69 Å². The molecule has 6 nitrogen and oxygen atoms in total. The summed E-state index contributed by atoms with van der Waals surface area (Å²) in [4.78, 5) is 12.3. The van der Waals surface area contributed by atoms with Crippen LogP contribution in [0.5, 0.6) is 0 Å². The van der Waals surface area contributed by atoms with Crippen molar-refractivity contribution < 1.29 is 4.92 Å². The Morgan fingerprint density at radius 2 is 2.00 bits per heavy atom. The Morgan fingerprint density at radius 3 is 2.55 bits per heavy atom. The summed E-state index contributed by atoms with van der Waals surface area (Å²) in [6.45, 7) is 5.19. The van der Waals surface area contributed by atoms with Crippen molar-refractivity contribution in [2.24, 2.45) is 5.73 Å². The first-order valence-electron chi connectivity index (χ1n) is 6.19. The highest BCUT2D eigenvalue weighted by Crippen LogP contribution is 2.33. The molecule has 0 aliphatic rings. The first kappa shape index (κ1) is 14.5. The van der Waals surface area contributed by atoms with E-state index in [2.05, 4.69) is 5.10 Å². The van der Waals surface area contributed by atoms with Crippen molar-refractivity contribution in [1.82, 2.24) is 9.78 Å². The Bertz CT molecular complexity index is 622. The van der Waals surface area contributed by atoms with E-state index in [4.69, 9.17) is 5.73 Å². The van der Waals surface area contributed by atoms with Crippen LogP contribution in [-0.2, 0) is 6.54 Å². The lowest BCUT2D eigenvalue weighted by molar-refractivity contribution is -0.384. The Morgan fingerprint density at radius 1 is 1.35 bits per heavy atom. The first-order valence-corrected chi connectivity index (χ1v) is 7.01. The van der Waals surface area contributed by atoms with Gasteiger partial charge in [0, 0.05) is 29.3 Å². The SMILES string of the molecule is Cc1nn(CCN)c(C)c1Sc1ccc([N+](=O)[O-])cc1. The van der Waals surface area contributed by atoms with Gasteiger partial charge in [-0.1, -0.05) is 11.8 Å². The molecular weight excluding hydrogens is 276 g/mol. The number of nitrogens with two attached hydrogens (primary N) is 1. The number of aromatic nitrogens is 2. The monoisotopic (exact) mass is 292 g/mol. The summed E-state index contributed by atoms with van der Waals surface area (Å²) >= 11 is 1.56. The number of aryl methyl sites for hydroxylation is 1. The summed E-state index contributed by atoms with van der Waals surface area (Å²) in [6.07, 6.45) is 0. The average molecular weight is 292 g/mol. The highest BCUT2D eigenvalue weighted by atomic mass is 32.2. The maximum Gasteiger partial charge on any atom is 0.269 e. The smallest absolute Gasteiger partial charge is 0.269 e. The predicted octanol–water partition coefficient (Wildman–Crippen LogP) is 2.52. The van der Waals surface area contributed by atoms with Crippen LogP contribution in [0.2, 0.25) is 0 Å². The van der Waals surface area contributed by atoms with E-state index >= 15 is 0 Å². The van der Waals surface area contributed by atoms with E-state index in [0.29, 0.717) is 13.1 Å². The topological polar surface area (TPSA) is 87.0 Å². The fourth-order valence-electron chi connectivity index (χ4n) is 1.92. The molecule has 0 saturated carbocycles. The second-order valence-corrected chi connectivity index (χ2v) is 5.45. The molecule has 0 unspecified atom stereocenters.